The van der Waals surface area contributed by atoms with E-state index in [4.69, 9.17) is 11.6 Å². The van der Waals surface area contributed by atoms with Crippen LogP contribution in [-0.2, 0) is 22.6 Å². The molecule has 0 saturated heterocycles. The van der Waals surface area contributed by atoms with Gasteiger partial charge in [0.15, 0.2) is 0 Å². The molecule has 2 aromatic carbocycles. The molecule has 1 aliphatic rings. The Hall–Kier alpha value is -2.33. The molecule has 0 bridgehead atoms. The van der Waals surface area contributed by atoms with Crippen LogP contribution in [0.3, 0.4) is 0 Å². The summed E-state index contributed by atoms with van der Waals surface area (Å²) in [5.41, 5.74) is 2.08. The lowest BCUT2D eigenvalue weighted by atomic mass is 9.95. The van der Waals surface area contributed by atoms with Gasteiger partial charge in [-0.15, -0.1) is 0 Å². The number of carbonyl (C=O) groups is 2. The lowest BCUT2D eigenvalue weighted by Crippen LogP contribution is -2.50. The average Bonchev–Trinajstić information content (AvgIpc) is 2.78. The van der Waals surface area contributed by atoms with Crippen LogP contribution in [0.2, 0.25) is 5.02 Å². The van der Waals surface area contributed by atoms with E-state index < -0.39 is 6.04 Å². The molecule has 1 saturated carbocycles. The number of aryl methyl sites for hydroxylation is 1. The first-order valence-corrected chi connectivity index (χ1v) is 11.3. The van der Waals surface area contributed by atoms with Gasteiger partial charge in [-0.2, -0.15) is 0 Å². The SMILES string of the molecule is C[C@@H](C(=O)NC1CCCCC1)N(Cc1ccc(Cl)cc1)C(=O)CCc1ccccc1. The van der Waals surface area contributed by atoms with Crippen LogP contribution in [0.4, 0.5) is 0 Å². The highest BCUT2D eigenvalue weighted by atomic mass is 35.5. The fraction of sp³-hybridized carbons (Fsp3) is 0.440. The maximum Gasteiger partial charge on any atom is 0.242 e. The standard InChI is InChI=1S/C25H31ClN2O2/c1-19(25(30)27-23-10-6-3-7-11-23)28(18-21-12-15-22(26)16-13-21)24(29)17-14-20-8-4-2-5-9-20/h2,4-5,8-9,12-13,15-16,19,23H,3,6-7,10-11,14,17-18H2,1H3,(H,27,30)/t19-/m0/s1. The topological polar surface area (TPSA) is 49.4 Å². The van der Waals surface area contributed by atoms with Gasteiger partial charge in [0.1, 0.15) is 6.04 Å². The molecule has 30 heavy (non-hydrogen) atoms. The highest BCUT2D eigenvalue weighted by Crippen LogP contribution is 2.19. The number of rotatable bonds is 8. The lowest BCUT2D eigenvalue weighted by molar-refractivity contribution is -0.141. The molecule has 1 atom stereocenters. The molecule has 0 radical (unpaired) electrons. The molecule has 0 aliphatic heterocycles. The van der Waals surface area contributed by atoms with Crippen LogP contribution in [-0.4, -0.2) is 28.8 Å². The molecule has 160 valence electrons. The van der Waals surface area contributed by atoms with Crippen LogP contribution in [0.1, 0.15) is 56.6 Å². The van der Waals surface area contributed by atoms with E-state index in [1.807, 2.05) is 61.5 Å². The first-order valence-electron chi connectivity index (χ1n) is 10.9. The Kier molecular flexibility index (Phi) is 8.32. The van der Waals surface area contributed by atoms with Crippen molar-refractivity contribution in [3.63, 3.8) is 0 Å². The maximum absolute atomic E-state index is 13.1. The van der Waals surface area contributed by atoms with Gasteiger partial charge in [-0.25, -0.2) is 0 Å². The molecule has 2 amide bonds. The van der Waals surface area contributed by atoms with Gasteiger partial charge < -0.3 is 10.2 Å². The van der Waals surface area contributed by atoms with Crippen molar-refractivity contribution < 1.29 is 9.59 Å². The van der Waals surface area contributed by atoms with Crippen molar-refractivity contribution in [2.45, 2.75) is 70.5 Å². The Bertz CT molecular complexity index is 817. The van der Waals surface area contributed by atoms with Gasteiger partial charge in [-0.3, -0.25) is 9.59 Å². The van der Waals surface area contributed by atoms with E-state index in [2.05, 4.69) is 5.32 Å². The van der Waals surface area contributed by atoms with Gasteiger partial charge in [0.25, 0.3) is 0 Å². The third kappa shape index (κ3) is 6.60. The van der Waals surface area contributed by atoms with Gasteiger partial charge in [0, 0.05) is 24.0 Å². The Morgan fingerprint density at radius 1 is 1.00 bits per heavy atom. The number of amides is 2. The second kappa shape index (κ2) is 11.2. The van der Waals surface area contributed by atoms with Gasteiger partial charge >= 0.3 is 0 Å². The van der Waals surface area contributed by atoms with Crippen molar-refractivity contribution >= 4 is 23.4 Å². The highest BCUT2D eigenvalue weighted by Gasteiger charge is 2.27. The summed E-state index contributed by atoms with van der Waals surface area (Å²) in [5.74, 6) is -0.0796. The normalized spacial score (nSPS) is 15.4. The molecule has 0 aromatic heterocycles. The zero-order chi connectivity index (χ0) is 21.3. The van der Waals surface area contributed by atoms with Crippen LogP contribution < -0.4 is 5.32 Å². The average molecular weight is 427 g/mol. The number of nitrogens with one attached hydrogen (secondary N) is 1. The summed E-state index contributed by atoms with van der Waals surface area (Å²) in [6.07, 6.45) is 6.64. The van der Waals surface area contributed by atoms with Crippen molar-refractivity contribution in [3.8, 4) is 0 Å². The van der Waals surface area contributed by atoms with Crippen molar-refractivity contribution in [2.75, 3.05) is 0 Å². The molecular formula is C25H31ClN2O2. The van der Waals surface area contributed by atoms with Gasteiger partial charge in [0.05, 0.1) is 0 Å². The quantitative estimate of drug-likeness (QED) is 0.635. The summed E-state index contributed by atoms with van der Waals surface area (Å²) in [5, 5.41) is 3.83. The maximum atomic E-state index is 13.1. The van der Waals surface area contributed by atoms with E-state index >= 15 is 0 Å². The van der Waals surface area contributed by atoms with E-state index in [1.54, 1.807) is 4.90 Å². The molecular weight excluding hydrogens is 396 g/mol. The third-order valence-corrected chi connectivity index (χ3v) is 6.11. The van der Waals surface area contributed by atoms with Gasteiger partial charge in [0.2, 0.25) is 11.8 Å². The fourth-order valence-electron chi connectivity index (χ4n) is 3.98. The van der Waals surface area contributed by atoms with E-state index in [1.165, 1.54) is 6.42 Å². The lowest BCUT2D eigenvalue weighted by Gasteiger charge is -2.31. The van der Waals surface area contributed by atoms with Gasteiger partial charge in [-0.1, -0.05) is 73.3 Å². The predicted octanol–water partition coefficient (Wildman–Crippen LogP) is 5.14. The zero-order valence-corrected chi connectivity index (χ0v) is 18.4. The van der Waals surface area contributed by atoms with Gasteiger partial charge in [-0.05, 0) is 49.4 Å². The minimum absolute atomic E-state index is 0.0138. The van der Waals surface area contributed by atoms with Crippen LogP contribution in [0.5, 0.6) is 0 Å². The summed E-state index contributed by atoms with van der Waals surface area (Å²) < 4.78 is 0. The number of benzene rings is 2. The Balaban J connectivity index is 1.68. The van der Waals surface area contributed by atoms with E-state index in [9.17, 15) is 9.59 Å². The number of hydrogen-bond acceptors (Lipinski definition) is 2. The Morgan fingerprint density at radius 2 is 1.67 bits per heavy atom. The second-order valence-electron chi connectivity index (χ2n) is 8.15. The van der Waals surface area contributed by atoms with Crippen molar-refractivity contribution in [3.05, 3.63) is 70.7 Å². The minimum atomic E-state index is -0.522. The highest BCUT2D eigenvalue weighted by molar-refractivity contribution is 6.30. The largest absolute Gasteiger partial charge is 0.352 e. The first kappa shape index (κ1) is 22.4. The molecule has 1 fully saturated rings. The molecule has 0 spiro atoms. The second-order valence-corrected chi connectivity index (χ2v) is 8.59. The smallest absolute Gasteiger partial charge is 0.242 e. The van der Waals surface area contributed by atoms with Crippen LogP contribution in [0, 0.1) is 0 Å². The molecule has 2 aromatic rings. The minimum Gasteiger partial charge on any atom is -0.352 e. The molecule has 0 unspecified atom stereocenters. The number of carbonyl (C=O) groups excluding carboxylic acids is 2. The molecule has 4 nitrogen and oxygen atoms in total. The monoisotopic (exact) mass is 426 g/mol. The number of halogens is 1. The van der Waals surface area contributed by atoms with Crippen LogP contribution in [0.15, 0.2) is 54.6 Å². The van der Waals surface area contributed by atoms with Crippen molar-refractivity contribution in [1.82, 2.24) is 10.2 Å². The molecule has 1 aliphatic carbocycles. The predicted molar refractivity (Wildman–Crippen MR) is 121 cm³/mol. The molecule has 1 N–H and O–H groups in total. The van der Waals surface area contributed by atoms with E-state index in [0.717, 1.165) is 36.8 Å². The summed E-state index contributed by atoms with van der Waals surface area (Å²) in [7, 11) is 0. The summed E-state index contributed by atoms with van der Waals surface area (Å²) in [6, 6.07) is 17.1. The molecule has 0 heterocycles. The van der Waals surface area contributed by atoms with Crippen molar-refractivity contribution in [2.24, 2.45) is 0 Å². The molecule has 3 rings (SSSR count). The first-order chi connectivity index (χ1) is 14.5. The Morgan fingerprint density at radius 3 is 2.33 bits per heavy atom. The number of hydrogen-bond donors (Lipinski definition) is 1. The number of nitrogens with zero attached hydrogens (tertiary/aromatic N) is 1. The van der Waals surface area contributed by atoms with Crippen LogP contribution in [0.25, 0.3) is 0 Å². The molecule has 5 heteroatoms. The van der Waals surface area contributed by atoms with E-state index in [-0.39, 0.29) is 17.9 Å². The Labute approximate surface area is 184 Å². The van der Waals surface area contributed by atoms with Crippen LogP contribution >= 0.6 is 11.6 Å². The zero-order valence-electron chi connectivity index (χ0n) is 17.6. The summed E-state index contributed by atoms with van der Waals surface area (Å²) in [4.78, 5) is 27.8. The summed E-state index contributed by atoms with van der Waals surface area (Å²) in [6.45, 7) is 2.22. The fourth-order valence-corrected chi connectivity index (χ4v) is 4.10. The van der Waals surface area contributed by atoms with Crippen molar-refractivity contribution in [1.29, 1.82) is 0 Å². The summed E-state index contributed by atoms with van der Waals surface area (Å²) >= 11 is 6.01. The van der Waals surface area contributed by atoms with E-state index in [0.29, 0.717) is 24.4 Å². The third-order valence-electron chi connectivity index (χ3n) is 5.86.